The average Bonchev–Trinajstić information content (AvgIpc) is 3.25. The highest BCUT2D eigenvalue weighted by Crippen LogP contribution is 2.33. The van der Waals surface area contributed by atoms with Crippen molar-refractivity contribution in [1.82, 2.24) is 20.4 Å². The van der Waals surface area contributed by atoms with Gasteiger partial charge in [0.25, 0.3) is 0 Å². The predicted octanol–water partition coefficient (Wildman–Crippen LogP) is 3.77. The molecule has 2 heterocycles. The lowest BCUT2D eigenvalue weighted by atomic mass is 9.78. The van der Waals surface area contributed by atoms with Gasteiger partial charge in [0, 0.05) is 38.0 Å². The molecule has 0 aliphatic carbocycles. The van der Waals surface area contributed by atoms with Gasteiger partial charge in [-0.25, -0.2) is 9.67 Å². The van der Waals surface area contributed by atoms with E-state index < -0.39 is 0 Å². The number of rotatable bonds is 6. The normalized spacial score (nSPS) is 20.5. The molecule has 2 aromatic rings. The molecule has 1 aliphatic heterocycles. The molecule has 6 nitrogen and oxygen atoms in total. The van der Waals surface area contributed by atoms with E-state index in [1.54, 1.807) is 6.20 Å². The van der Waals surface area contributed by atoms with Crippen LogP contribution in [0, 0.1) is 11.3 Å². The van der Waals surface area contributed by atoms with Crippen LogP contribution in [0.5, 0.6) is 0 Å². The summed E-state index contributed by atoms with van der Waals surface area (Å²) in [6.07, 6.45) is 6.34. The van der Waals surface area contributed by atoms with Gasteiger partial charge in [0.05, 0.1) is 18.3 Å². The van der Waals surface area contributed by atoms with Crippen LogP contribution in [0.25, 0.3) is 5.69 Å². The van der Waals surface area contributed by atoms with E-state index in [0.29, 0.717) is 12.5 Å². The Morgan fingerprint density at radius 1 is 1.24 bits per heavy atom. The largest absolute Gasteiger partial charge is 0.377 e. The molecule has 0 amide bonds. The zero-order chi connectivity index (χ0) is 20.7. The maximum Gasteiger partial charge on any atom is 0.191 e. The fourth-order valence-corrected chi connectivity index (χ4v) is 3.92. The van der Waals surface area contributed by atoms with E-state index in [2.05, 4.69) is 67.7 Å². The number of hydrogen-bond donors (Lipinski definition) is 2. The van der Waals surface area contributed by atoms with E-state index >= 15 is 0 Å². The summed E-state index contributed by atoms with van der Waals surface area (Å²) in [6.45, 7) is 12.1. The van der Waals surface area contributed by atoms with Gasteiger partial charge in [0.15, 0.2) is 5.96 Å². The van der Waals surface area contributed by atoms with Gasteiger partial charge in [-0.05, 0) is 48.9 Å². The van der Waals surface area contributed by atoms with Crippen LogP contribution >= 0.6 is 0 Å². The summed E-state index contributed by atoms with van der Waals surface area (Å²) in [6, 6.07) is 10.3. The van der Waals surface area contributed by atoms with E-state index in [1.165, 1.54) is 12.0 Å². The molecule has 29 heavy (non-hydrogen) atoms. The summed E-state index contributed by atoms with van der Waals surface area (Å²) < 4.78 is 7.97. The number of nitrogens with zero attached hydrogens (tertiary/aromatic N) is 3. The first-order valence-corrected chi connectivity index (χ1v) is 10.7. The zero-order valence-electron chi connectivity index (χ0n) is 18.2. The van der Waals surface area contributed by atoms with Crippen LogP contribution in [0.15, 0.2) is 47.7 Å². The number of hydrogen-bond acceptors (Lipinski definition) is 3. The number of aromatic nitrogens is 2. The molecular weight excluding hydrogens is 362 g/mol. The van der Waals surface area contributed by atoms with E-state index in [0.717, 1.165) is 37.8 Å². The van der Waals surface area contributed by atoms with Crippen molar-refractivity contribution in [2.45, 2.75) is 53.2 Å². The molecule has 6 heteroatoms. The van der Waals surface area contributed by atoms with Crippen LogP contribution in [0.2, 0.25) is 0 Å². The first-order chi connectivity index (χ1) is 14.0. The van der Waals surface area contributed by atoms with Crippen LogP contribution < -0.4 is 10.6 Å². The van der Waals surface area contributed by atoms with Crippen molar-refractivity contribution in [2.75, 3.05) is 19.7 Å². The number of benzene rings is 1. The molecule has 0 spiro atoms. The highest BCUT2D eigenvalue weighted by Gasteiger charge is 2.35. The third-order valence-electron chi connectivity index (χ3n) is 5.30. The zero-order valence-corrected chi connectivity index (χ0v) is 18.2. The first-order valence-electron chi connectivity index (χ1n) is 10.7. The standard InChI is InChI=1S/C23H35N5O/c1-5-24-22(26-17-19-8-6-15-29-21(19)23(2,3)4)25-16-18-9-11-20(12-10-18)28-14-7-13-27-28/h7,9-14,19,21H,5-6,8,15-17H2,1-4H3,(H2,24,25,26). The molecule has 3 rings (SSSR count). The summed E-state index contributed by atoms with van der Waals surface area (Å²) in [5, 5.41) is 11.2. The van der Waals surface area contributed by atoms with Gasteiger partial charge < -0.3 is 15.4 Å². The molecule has 0 saturated carbocycles. The Balaban J connectivity index is 1.59. The molecule has 1 aromatic carbocycles. The van der Waals surface area contributed by atoms with Crippen LogP contribution in [0.3, 0.4) is 0 Å². The minimum Gasteiger partial charge on any atom is -0.377 e. The molecule has 1 aromatic heterocycles. The van der Waals surface area contributed by atoms with Gasteiger partial charge in [-0.1, -0.05) is 32.9 Å². The molecule has 2 N–H and O–H groups in total. The van der Waals surface area contributed by atoms with Gasteiger partial charge in [0.1, 0.15) is 0 Å². The average molecular weight is 398 g/mol. The smallest absolute Gasteiger partial charge is 0.191 e. The number of nitrogens with one attached hydrogen (secondary N) is 2. The van der Waals surface area contributed by atoms with Gasteiger partial charge in [-0.3, -0.25) is 0 Å². The lowest BCUT2D eigenvalue weighted by Gasteiger charge is -2.40. The second kappa shape index (κ2) is 9.92. The van der Waals surface area contributed by atoms with Crippen molar-refractivity contribution in [1.29, 1.82) is 0 Å². The topological polar surface area (TPSA) is 63.5 Å². The van der Waals surface area contributed by atoms with Crippen LogP contribution in [0.4, 0.5) is 0 Å². The fraction of sp³-hybridized carbons (Fsp3) is 0.565. The Bertz CT molecular complexity index is 762. The summed E-state index contributed by atoms with van der Waals surface area (Å²) in [7, 11) is 0. The molecule has 1 fully saturated rings. The Hall–Kier alpha value is -2.34. The second-order valence-electron chi connectivity index (χ2n) is 8.75. The molecule has 158 valence electrons. The highest BCUT2D eigenvalue weighted by atomic mass is 16.5. The molecule has 1 saturated heterocycles. The van der Waals surface area contributed by atoms with Gasteiger partial charge in [-0.15, -0.1) is 0 Å². The number of aliphatic imine (C=N–C) groups is 1. The Labute approximate surface area is 174 Å². The minimum atomic E-state index is 0.151. The van der Waals surface area contributed by atoms with Crippen LogP contribution in [0.1, 0.15) is 46.1 Å². The monoisotopic (exact) mass is 397 g/mol. The molecule has 1 aliphatic rings. The Morgan fingerprint density at radius 3 is 2.69 bits per heavy atom. The highest BCUT2D eigenvalue weighted by molar-refractivity contribution is 5.79. The Morgan fingerprint density at radius 2 is 2.03 bits per heavy atom. The van der Waals surface area contributed by atoms with E-state index in [9.17, 15) is 0 Å². The quantitative estimate of drug-likeness (QED) is 0.575. The molecule has 2 unspecified atom stereocenters. The maximum absolute atomic E-state index is 6.11. The second-order valence-corrected chi connectivity index (χ2v) is 8.75. The van der Waals surface area contributed by atoms with Crippen molar-refractivity contribution >= 4 is 5.96 Å². The molecule has 0 bridgehead atoms. The lowest BCUT2D eigenvalue weighted by molar-refractivity contribution is -0.0835. The van der Waals surface area contributed by atoms with E-state index in [1.807, 2.05) is 16.9 Å². The van der Waals surface area contributed by atoms with Gasteiger partial charge in [0.2, 0.25) is 0 Å². The van der Waals surface area contributed by atoms with Gasteiger partial charge in [-0.2, -0.15) is 5.10 Å². The summed E-state index contributed by atoms with van der Waals surface area (Å²) >= 11 is 0. The molecular formula is C23H35N5O. The fourth-order valence-electron chi connectivity index (χ4n) is 3.92. The summed E-state index contributed by atoms with van der Waals surface area (Å²) in [4.78, 5) is 4.78. The molecule has 0 radical (unpaired) electrons. The Kier molecular flexibility index (Phi) is 7.31. The van der Waals surface area contributed by atoms with Crippen molar-refractivity contribution in [3.63, 3.8) is 0 Å². The van der Waals surface area contributed by atoms with Gasteiger partial charge >= 0.3 is 0 Å². The summed E-state index contributed by atoms with van der Waals surface area (Å²) in [5.41, 5.74) is 2.38. The van der Waals surface area contributed by atoms with Crippen LogP contribution in [-0.2, 0) is 11.3 Å². The SMILES string of the molecule is CCNC(=NCc1ccc(-n2cccn2)cc1)NCC1CCCOC1C(C)(C)C. The lowest BCUT2D eigenvalue weighted by Crippen LogP contribution is -2.47. The summed E-state index contributed by atoms with van der Waals surface area (Å²) in [5.74, 6) is 1.36. The van der Waals surface area contributed by atoms with Crippen molar-refractivity contribution in [2.24, 2.45) is 16.3 Å². The van der Waals surface area contributed by atoms with E-state index in [4.69, 9.17) is 9.73 Å². The van der Waals surface area contributed by atoms with Crippen molar-refractivity contribution in [3.8, 4) is 5.69 Å². The van der Waals surface area contributed by atoms with E-state index in [-0.39, 0.29) is 11.5 Å². The minimum absolute atomic E-state index is 0.151. The number of ether oxygens (including phenoxy) is 1. The van der Waals surface area contributed by atoms with Crippen LogP contribution in [-0.4, -0.2) is 41.5 Å². The molecule has 2 atom stereocenters. The third kappa shape index (κ3) is 6.07. The number of guanidine groups is 1. The van der Waals surface area contributed by atoms with Crippen molar-refractivity contribution in [3.05, 3.63) is 48.3 Å². The van der Waals surface area contributed by atoms with Crippen molar-refractivity contribution < 1.29 is 4.74 Å². The first kappa shape index (κ1) is 21.4. The third-order valence-corrected chi connectivity index (χ3v) is 5.30. The maximum atomic E-state index is 6.11. The predicted molar refractivity (Wildman–Crippen MR) is 118 cm³/mol.